The van der Waals surface area contributed by atoms with Gasteiger partial charge < -0.3 is 4.90 Å². The fraction of sp³-hybridized carbons (Fsp3) is 0.286. The molecule has 0 radical (unpaired) electrons. The molecule has 0 spiro atoms. The van der Waals surface area contributed by atoms with Crippen LogP contribution >= 0.6 is 0 Å². The quantitative estimate of drug-likeness (QED) is 0.780. The van der Waals surface area contributed by atoms with Crippen LogP contribution in [-0.4, -0.2) is 40.1 Å². The molecule has 2 aromatic carbocycles. The van der Waals surface area contributed by atoms with Crippen LogP contribution in [0.3, 0.4) is 0 Å². The highest BCUT2D eigenvalue weighted by atomic mass is 16.2. The highest BCUT2D eigenvalue weighted by Gasteiger charge is 2.37. The Balaban J connectivity index is 1.61. The molecule has 26 heavy (non-hydrogen) atoms. The number of rotatable bonds is 5. The van der Waals surface area contributed by atoms with Gasteiger partial charge in [0.15, 0.2) is 0 Å². The van der Waals surface area contributed by atoms with Gasteiger partial charge in [0.05, 0.1) is 17.7 Å². The summed E-state index contributed by atoms with van der Waals surface area (Å²) < 4.78 is 0. The molecular formula is C21H20N2O3. The van der Waals surface area contributed by atoms with Crippen LogP contribution in [-0.2, 0) is 6.54 Å². The summed E-state index contributed by atoms with van der Waals surface area (Å²) in [5, 5.41) is 0. The molecular weight excluding hydrogens is 328 g/mol. The van der Waals surface area contributed by atoms with Gasteiger partial charge in [-0.05, 0) is 43.5 Å². The topological polar surface area (TPSA) is 57.7 Å². The Morgan fingerprint density at radius 3 is 2.38 bits per heavy atom. The Hall–Kier alpha value is -2.95. The van der Waals surface area contributed by atoms with Crippen molar-refractivity contribution in [2.45, 2.75) is 32.4 Å². The van der Waals surface area contributed by atoms with Crippen molar-refractivity contribution >= 4 is 17.7 Å². The van der Waals surface area contributed by atoms with E-state index in [1.807, 2.05) is 42.2 Å². The van der Waals surface area contributed by atoms with E-state index in [-0.39, 0.29) is 24.3 Å². The van der Waals surface area contributed by atoms with Gasteiger partial charge in [-0.15, -0.1) is 0 Å². The summed E-state index contributed by atoms with van der Waals surface area (Å²) in [4.78, 5) is 41.2. The fourth-order valence-electron chi connectivity index (χ4n) is 3.45. The number of amides is 3. The zero-order valence-corrected chi connectivity index (χ0v) is 14.6. The van der Waals surface area contributed by atoms with Crippen LogP contribution in [0.1, 0.15) is 56.4 Å². The number of hydrogen-bond acceptors (Lipinski definition) is 3. The molecule has 3 amide bonds. The zero-order chi connectivity index (χ0) is 18.3. The molecule has 2 aromatic rings. The number of carbonyl (C=O) groups excluding carboxylic acids is 3. The summed E-state index contributed by atoms with van der Waals surface area (Å²) >= 11 is 0. The van der Waals surface area contributed by atoms with Crippen molar-refractivity contribution in [3.63, 3.8) is 0 Å². The van der Waals surface area contributed by atoms with Crippen LogP contribution in [0.15, 0.2) is 48.5 Å². The van der Waals surface area contributed by atoms with E-state index >= 15 is 0 Å². The molecule has 5 nitrogen and oxygen atoms in total. The third-order valence-electron chi connectivity index (χ3n) is 4.99. The molecule has 0 saturated heterocycles. The van der Waals surface area contributed by atoms with Crippen molar-refractivity contribution in [2.24, 2.45) is 0 Å². The third kappa shape index (κ3) is 2.79. The summed E-state index contributed by atoms with van der Waals surface area (Å²) in [5.74, 6) is -0.708. The predicted octanol–water partition coefficient (Wildman–Crippen LogP) is 3.11. The van der Waals surface area contributed by atoms with Gasteiger partial charge in [-0.1, -0.05) is 30.3 Å². The summed E-state index contributed by atoms with van der Waals surface area (Å²) in [6, 6.07) is 14.6. The lowest BCUT2D eigenvalue weighted by molar-refractivity contribution is 0.0642. The van der Waals surface area contributed by atoms with Gasteiger partial charge in [-0.25, -0.2) is 0 Å². The Morgan fingerprint density at radius 2 is 1.73 bits per heavy atom. The average Bonchev–Trinajstić information content (AvgIpc) is 3.47. The van der Waals surface area contributed by atoms with E-state index in [1.165, 1.54) is 4.90 Å². The van der Waals surface area contributed by atoms with Crippen LogP contribution in [0.2, 0.25) is 0 Å². The van der Waals surface area contributed by atoms with Crippen molar-refractivity contribution < 1.29 is 14.4 Å². The lowest BCUT2D eigenvalue weighted by atomic mass is 10.0. The number of carbonyl (C=O) groups is 3. The van der Waals surface area contributed by atoms with E-state index in [0.29, 0.717) is 29.3 Å². The Morgan fingerprint density at radius 1 is 1.04 bits per heavy atom. The summed E-state index contributed by atoms with van der Waals surface area (Å²) in [6.45, 7) is 2.84. The minimum Gasteiger partial charge on any atom is -0.336 e. The van der Waals surface area contributed by atoms with Crippen LogP contribution in [0, 0.1) is 0 Å². The number of nitrogens with zero attached hydrogens (tertiary/aromatic N) is 2. The highest BCUT2D eigenvalue weighted by Crippen LogP contribution is 2.30. The van der Waals surface area contributed by atoms with Crippen LogP contribution in [0.4, 0.5) is 0 Å². The second kappa shape index (κ2) is 6.41. The number of imide groups is 1. The SMILES string of the molecule is CCN(C(=O)c1ccc2c(c1)C(=O)N(Cc1ccccc1)C2=O)C1CC1. The van der Waals surface area contributed by atoms with Crippen molar-refractivity contribution in [1.82, 2.24) is 9.80 Å². The molecule has 5 heteroatoms. The summed E-state index contributed by atoms with van der Waals surface area (Å²) in [6.07, 6.45) is 2.07. The van der Waals surface area contributed by atoms with Crippen molar-refractivity contribution in [3.8, 4) is 0 Å². The molecule has 0 N–H and O–H groups in total. The van der Waals surface area contributed by atoms with E-state index in [4.69, 9.17) is 0 Å². The molecule has 0 bridgehead atoms. The second-order valence-electron chi connectivity index (χ2n) is 6.76. The van der Waals surface area contributed by atoms with Crippen molar-refractivity contribution in [3.05, 3.63) is 70.8 Å². The first-order valence-electron chi connectivity index (χ1n) is 8.95. The molecule has 1 heterocycles. The monoisotopic (exact) mass is 348 g/mol. The Kier molecular flexibility index (Phi) is 4.07. The van der Waals surface area contributed by atoms with E-state index in [2.05, 4.69) is 0 Å². The first-order valence-corrected chi connectivity index (χ1v) is 8.95. The van der Waals surface area contributed by atoms with E-state index in [9.17, 15) is 14.4 Å². The molecule has 1 fully saturated rings. The van der Waals surface area contributed by atoms with Gasteiger partial charge in [0.2, 0.25) is 0 Å². The maximum atomic E-state index is 12.8. The first kappa shape index (κ1) is 16.5. The first-order chi connectivity index (χ1) is 12.6. The predicted molar refractivity (Wildman–Crippen MR) is 96.8 cm³/mol. The smallest absolute Gasteiger partial charge is 0.261 e. The molecule has 0 aromatic heterocycles. The largest absolute Gasteiger partial charge is 0.336 e. The minimum atomic E-state index is -0.335. The van der Waals surface area contributed by atoms with Crippen LogP contribution < -0.4 is 0 Å². The van der Waals surface area contributed by atoms with Gasteiger partial charge in [0.25, 0.3) is 17.7 Å². The van der Waals surface area contributed by atoms with Crippen molar-refractivity contribution in [1.29, 1.82) is 0 Å². The molecule has 1 aliphatic heterocycles. The summed E-state index contributed by atoms with van der Waals surface area (Å²) in [7, 11) is 0. The van der Waals surface area contributed by atoms with Gasteiger partial charge >= 0.3 is 0 Å². The molecule has 0 atom stereocenters. The van der Waals surface area contributed by atoms with Gasteiger partial charge in [-0.3, -0.25) is 19.3 Å². The number of hydrogen-bond donors (Lipinski definition) is 0. The molecule has 132 valence electrons. The van der Waals surface area contributed by atoms with Gasteiger partial charge in [0.1, 0.15) is 0 Å². The van der Waals surface area contributed by atoms with Gasteiger partial charge in [0, 0.05) is 18.2 Å². The molecule has 4 rings (SSSR count). The molecule has 1 saturated carbocycles. The van der Waals surface area contributed by atoms with E-state index < -0.39 is 0 Å². The molecule has 2 aliphatic rings. The number of fused-ring (bicyclic) bond motifs is 1. The van der Waals surface area contributed by atoms with Crippen molar-refractivity contribution in [2.75, 3.05) is 6.54 Å². The lowest BCUT2D eigenvalue weighted by Gasteiger charge is -2.20. The maximum Gasteiger partial charge on any atom is 0.261 e. The Labute approximate surface area is 152 Å². The number of benzene rings is 2. The van der Waals surface area contributed by atoms with Gasteiger partial charge in [-0.2, -0.15) is 0 Å². The zero-order valence-electron chi connectivity index (χ0n) is 14.6. The summed E-state index contributed by atoms with van der Waals surface area (Å²) in [5.41, 5.74) is 2.06. The van der Waals surface area contributed by atoms with E-state index in [0.717, 1.165) is 18.4 Å². The minimum absolute atomic E-state index is 0.0699. The third-order valence-corrected chi connectivity index (χ3v) is 4.99. The maximum absolute atomic E-state index is 12.8. The van der Waals surface area contributed by atoms with Crippen LogP contribution in [0.5, 0.6) is 0 Å². The van der Waals surface area contributed by atoms with E-state index in [1.54, 1.807) is 18.2 Å². The highest BCUT2D eigenvalue weighted by molar-refractivity contribution is 6.22. The molecule has 0 unspecified atom stereocenters. The average molecular weight is 348 g/mol. The Bertz CT molecular complexity index is 887. The normalized spacial score (nSPS) is 16.0. The standard InChI is InChI=1S/C21H20N2O3/c1-2-22(16-9-10-16)19(24)15-8-11-17-18(12-15)21(26)23(20(17)25)13-14-6-4-3-5-7-14/h3-8,11-12,16H,2,9-10,13H2,1H3. The molecule has 1 aliphatic carbocycles. The fourth-order valence-corrected chi connectivity index (χ4v) is 3.45. The second-order valence-corrected chi connectivity index (χ2v) is 6.76. The lowest BCUT2D eigenvalue weighted by Crippen LogP contribution is -2.33. The van der Waals surface area contributed by atoms with Crippen LogP contribution in [0.25, 0.3) is 0 Å².